The first-order valence-corrected chi connectivity index (χ1v) is 25.8. The maximum absolute atomic E-state index is 13.3. The molecular formula is C57H70N8O8. The molecule has 0 spiro atoms. The number of H-pyrrole nitrogens is 2. The van der Waals surface area contributed by atoms with Crippen molar-refractivity contribution in [1.82, 2.24) is 19.9 Å². The quantitative estimate of drug-likeness (QED) is 0.0749. The van der Waals surface area contributed by atoms with Crippen molar-refractivity contribution in [2.45, 2.75) is 151 Å². The maximum atomic E-state index is 13.3. The van der Waals surface area contributed by atoms with Crippen molar-refractivity contribution >= 4 is 34.3 Å². The van der Waals surface area contributed by atoms with Gasteiger partial charge in [0.1, 0.15) is 23.5 Å². The fraction of sp³-hybridized carbons (Fsp3) is 0.544. The second-order valence-electron chi connectivity index (χ2n) is 22.5. The molecule has 4 bridgehead atoms. The number of rotatable bonds is 15. The Morgan fingerprint density at radius 2 is 1.27 bits per heavy atom. The number of aromatic amines is 2. The van der Waals surface area contributed by atoms with E-state index in [1.54, 1.807) is 14.2 Å². The van der Waals surface area contributed by atoms with E-state index in [2.05, 4.69) is 75.6 Å². The third-order valence-electron chi connectivity index (χ3n) is 16.4. The molecule has 0 saturated carbocycles. The Morgan fingerprint density at radius 3 is 1.85 bits per heavy atom. The number of carbonyl (C=O) groups is 2. The third kappa shape index (κ3) is 11.4. The van der Waals surface area contributed by atoms with E-state index >= 15 is 0 Å². The minimum atomic E-state index is -0.399. The zero-order chi connectivity index (χ0) is 51.5. The molecule has 4 aromatic rings. The Kier molecular flexibility index (Phi) is 15.0. The van der Waals surface area contributed by atoms with E-state index in [1.807, 2.05) is 42.5 Å². The summed E-state index contributed by atoms with van der Waals surface area (Å²) < 4.78 is 31.2. The average molecular weight is 995 g/mol. The molecule has 3 unspecified atom stereocenters. The molecule has 73 heavy (non-hydrogen) atoms. The highest BCUT2D eigenvalue weighted by Gasteiger charge is 2.56. The van der Waals surface area contributed by atoms with Crippen LogP contribution in [0.4, 0.5) is 11.4 Å². The van der Waals surface area contributed by atoms with Crippen molar-refractivity contribution in [2.75, 3.05) is 51.3 Å². The molecule has 6 atom stereocenters. The molecule has 10 rings (SSSR count). The van der Waals surface area contributed by atoms with Gasteiger partial charge in [0, 0.05) is 36.7 Å². The van der Waals surface area contributed by atoms with E-state index in [-0.39, 0.29) is 63.9 Å². The monoisotopic (exact) mass is 995 g/mol. The number of anilines is 2. The molecule has 2 amide bonds. The van der Waals surface area contributed by atoms with Gasteiger partial charge in [-0.1, -0.05) is 50.3 Å². The van der Waals surface area contributed by atoms with Crippen LogP contribution in [0.2, 0.25) is 0 Å². The van der Waals surface area contributed by atoms with Crippen LogP contribution in [0.5, 0.6) is 0 Å². The number of aromatic nitrogens is 4. The van der Waals surface area contributed by atoms with Crippen molar-refractivity contribution in [2.24, 2.45) is 5.41 Å². The average Bonchev–Trinajstić information content (AvgIpc) is 4.19. The molecular weight excluding hydrogens is 925 g/mol. The molecule has 2 aromatic heterocycles. The summed E-state index contributed by atoms with van der Waals surface area (Å²) in [6, 6.07) is 18.1. The van der Waals surface area contributed by atoms with Crippen LogP contribution in [0.1, 0.15) is 172 Å². The Balaban J connectivity index is 0.000000229. The van der Waals surface area contributed by atoms with Crippen molar-refractivity contribution < 1.29 is 38.4 Å². The SMILES string of the molecule is CC1(C)CC=C(c2ccccc2NC(=O)c2ncc(C#N)[nH]2)CC1.COCC12CC[C@](COC)(CC(c3ccc(NC(=O)c4ncc(C#N)[nH]4)c(C4=CCC(C)(OC[C@@]56CCC[C@@](CO)(CC5)O6)CC4)c3)C1)O2. The Morgan fingerprint density at radius 1 is 0.712 bits per heavy atom. The molecule has 386 valence electrons. The molecule has 16 heteroatoms. The van der Waals surface area contributed by atoms with Crippen LogP contribution >= 0.6 is 0 Å². The minimum absolute atomic E-state index is 0.0735. The number of allylic oxidation sites excluding steroid dienone is 3. The van der Waals surface area contributed by atoms with E-state index < -0.39 is 11.5 Å². The summed E-state index contributed by atoms with van der Waals surface area (Å²) in [7, 11) is 3.47. The zero-order valence-electron chi connectivity index (χ0n) is 43.0. The number of nitrogens with one attached hydrogen (secondary N) is 4. The number of nitrogens with zero attached hydrogens (tertiary/aromatic N) is 4. The lowest BCUT2D eigenvalue weighted by Gasteiger charge is -2.44. The van der Waals surface area contributed by atoms with Crippen molar-refractivity contribution in [1.29, 1.82) is 10.5 Å². The number of aliphatic hydroxyl groups is 1. The van der Waals surface area contributed by atoms with Gasteiger partial charge >= 0.3 is 0 Å². The third-order valence-corrected chi connectivity index (χ3v) is 16.4. The second kappa shape index (κ2) is 21.1. The van der Waals surface area contributed by atoms with Gasteiger partial charge in [-0.25, -0.2) is 9.97 Å². The number of hydrogen-bond donors (Lipinski definition) is 5. The van der Waals surface area contributed by atoms with Crippen molar-refractivity contribution in [3.8, 4) is 12.1 Å². The van der Waals surface area contributed by atoms with Crippen LogP contribution in [0.3, 0.4) is 0 Å². The number of amides is 2. The summed E-state index contributed by atoms with van der Waals surface area (Å²) in [6.07, 6.45) is 21.1. The van der Waals surface area contributed by atoms with Gasteiger partial charge in [-0.2, -0.15) is 10.5 Å². The van der Waals surface area contributed by atoms with Gasteiger partial charge < -0.3 is 49.4 Å². The first-order valence-electron chi connectivity index (χ1n) is 25.8. The lowest BCUT2D eigenvalue weighted by atomic mass is 9.77. The number of aliphatic hydroxyl groups excluding tert-OH is 1. The van der Waals surface area contributed by atoms with Crippen molar-refractivity contribution in [3.63, 3.8) is 0 Å². The number of para-hydroxylation sites is 1. The topological polar surface area (TPSA) is 230 Å². The van der Waals surface area contributed by atoms with Gasteiger partial charge in [0.25, 0.3) is 11.8 Å². The summed E-state index contributed by atoms with van der Waals surface area (Å²) in [4.78, 5) is 39.2. The smallest absolute Gasteiger partial charge is 0.291 e. The number of hydrogen-bond acceptors (Lipinski definition) is 12. The van der Waals surface area contributed by atoms with Gasteiger partial charge in [-0.15, -0.1) is 0 Å². The van der Waals surface area contributed by atoms with E-state index in [1.165, 1.54) is 23.5 Å². The summed E-state index contributed by atoms with van der Waals surface area (Å²) in [5.74, 6) is -0.278. The summed E-state index contributed by atoms with van der Waals surface area (Å²) in [5, 5.41) is 34.0. The van der Waals surface area contributed by atoms with Gasteiger partial charge in [0.05, 0.1) is 66.8 Å². The zero-order valence-corrected chi connectivity index (χ0v) is 43.0. The lowest BCUT2D eigenvalue weighted by Crippen LogP contribution is -2.48. The molecule has 5 N–H and O–H groups in total. The van der Waals surface area contributed by atoms with Gasteiger partial charge in [-0.05, 0) is 149 Å². The van der Waals surface area contributed by atoms with Crippen LogP contribution in [0, 0.1) is 28.1 Å². The summed E-state index contributed by atoms with van der Waals surface area (Å²) in [6.45, 7) is 8.43. The number of carbonyl (C=O) groups excluding carboxylic acids is 2. The van der Waals surface area contributed by atoms with Gasteiger partial charge in [-0.3, -0.25) is 9.59 Å². The first kappa shape index (κ1) is 51.9. The molecule has 6 aliphatic rings. The number of fused-ring (bicyclic) bond motifs is 4. The van der Waals surface area contributed by atoms with Crippen LogP contribution in [-0.2, 0) is 23.7 Å². The largest absolute Gasteiger partial charge is 0.393 e. The van der Waals surface area contributed by atoms with Crippen molar-refractivity contribution in [3.05, 3.63) is 107 Å². The molecule has 16 nitrogen and oxygen atoms in total. The number of benzene rings is 2. The predicted octanol–water partition coefficient (Wildman–Crippen LogP) is 9.93. The Bertz CT molecular complexity index is 2820. The molecule has 0 radical (unpaired) electrons. The number of ether oxygens (including phenoxy) is 5. The molecule has 6 heterocycles. The van der Waals surface area contributed by atoms with E-state index in [0.29, 0.717) is 30.9 Å². The van der Waals surface area contributed by atoms with Gasteiger partial charge in [0.15, 0.2) is 11.6 Å². The highest BCUT2D eigenvalue weighted by Crippen LogP contribution is 2.54. The minimum Gasteiger partial charge on any atom is -0.393 e. The van der Waals surface area contributed by atoms with Crippen LogP contribution in [0.25, 0.3) is 11.1 Å². The molecule has 4 aliphatic heterocycles. The number of nitriles is 2. The Labute approximate surface area is 428 Å². The van der Waals surface area contributed by atoms with Gasteiger partial charge in [0.2, 0.25) is 0 Å². The highest BCUT2D eigenvalue weighted by atomic mass is 16.6. The maximum Gasteiger partial charge on any atom is 0.291 e. The summed E-state index contributed by atoms with van der Waals surface area (Å²) >= 11 is 0. The van der Waals surface area contributed by atoms with E-state index in [0.717, 1.165) is 119 Å². The lowest BCUT2D eigenvalue weighted by molar-refractivity contribution is -0.196. The first-order chi connectivity index (χ1) is 35.1. The Hall–Kier alpha value is -5.98. The molecule has 2 aromatic carbocycles. The summed E-state index contributed by atoms with van der Waals surface area (Å²) in [5.41, 5.74) is 6.25. The van der Waals surface area contributed by atoms with E-state index in [9.17, 15) is 20.0 Å². The fourth-order valence-electron chi connectivity index (χ4n) is 12.2. The van der Waals surface area contributed by atoms with Crippen LogP contribution < -0.4 is 10.6 Å². The molecule has 4 saturated heterocycles. The highest BCUT2D eigenvalue weighted by molar-refractivity contribution is 6.04. The van der Waals surface area contributed by atoms with E-state index in [4.69, 9.17) is 28.9 Å². The number of imidazole rings is 2. The predicted molar refractivity (Wildman–Crippen MR) is 275 cm³/mol. The normalized spacial score (nSPS) is 28.9. The standard InChI is InChI=1S/C38H50N4O7.C19H20N4O/c1-34(47-25-36-10-4-9-35(22-43,48-36)13-14-36)11-7-26(8-12-34)30-17-27(5-6-31(30)42-33(44)32-40-21-29(20-39)41-32)28-18-37(23-45-2)15-16-38(19-28,49-37)24-46-3;1-19(2)9-7-13(8-10-19)15-5-3-4-6-16(15)23-18(24)17-21-12-14(11-20)22-17/h5-7,17,21,28,43H,4,8-16,18-19,22-25H2,1-3H3,(H,40,41)(H,42,44);3-7,12H,8-10H2,1-2H3,(H,21,22)(H,23,24)/t28?,34?,35-,36+,37+,38?;/m0./s1. The second-order valence-corrected chi connectivity index (χ2v) is 22.5. The molecule has 2 aliphatic carbocycles. The molecule has 4 fully saturated rings. The number of methoxy groups -OCH3 is 2. The fourth-order valence-corrected chi connectivity index (χ4v) is 12.2. The van der Waals surface area contributed by atoms with Crippen LogP contribution in [-0.4, -0.2) is 106 Å². The van der Waals surface area contributed by atoms with Crippen LogP contribution in [0.15, 0.2) is 67.0 Å².